The number of hydrazone groups is 1. The predicted octanol–water partition coefficient (Wildman–Crippen LogP) is 0.0842. The van der Waals surface area contributed by atoms with Crippen LogP contribution in [0.25, 0.3) is 0 Å². The van der Waals surface area contributed by atoms with Gasteiger partial charge in [-0.05, 0) is 24.3 Å². The van der Waals surface area contributed by atoms with Crippen LogP contribution in [0.5, 0.6) is 0 Å². The Bertz CT molecular complexity index is 414. The zero-order chi connectivity index (χ0) is 12.9. The van der Waals surface area contributed by atoms with Crippen LogP contribution < -0.4 is 16.6 Å². The van der Waals surface area contributed by atoms with Crippen LogP contribution >= 0.6 is 0 Å². The van der Waals surface area contributed by atoms with Crippen molar-refractivity contribution in [2.24, 2.45) is 16.6 Å². The van der Waals surface area contributed by atoms with Gasteiger partial charge in [0, 0.05) is 0 Å². The fourth-order valence-corrected chi connectivity index (χ4v) is 1.83. The molecule has 1 rings (SSSR count). The van der Waals surface area contributed by atoms with Crippen LogP contribution in [0.1, 0.15) is 32.8 Å². The highest BCUT2D eigenvalue weighted by Gasteiger charge is 2.21. The molecule has 0 atom stereocenters. The number of hydrogen-bond donors (Lipinski definition) is 3. The van der Waals surface area contributed by atoms with E-state index in [0.29, 0.717) is 0 Å². The fourth-order valence-electron chi connectivity index (χ4n) is 1.83. The summed E-state index contributed by atoms with van der Waals surface area (Å²) in [6.07, 6.45) is 0.845. The molecule has 0 aliphatic heterocycles. The highest BCUT2D eigenvalue weighted by molar-refractivity contribution is 5.82. The Labute approximate surface area is 102 Å². The van der Waals surface area contributed by atoms with Gasteiger partial charge in [0.15, 0.2) is 0 Å². The molecule has 1 aromatic carbocycles. The summed E-state index contributed by atoms with van der Waals surface area (Å²) < 4.78 is 0. The molecule has 0 saturated heterocycles. The first-order valence-corrected chi connectivity index (χ1v) is 5.64. The van der Waals surface area contributed by atoms with E-state index in [0.717, 1.165) is 12.1 Å². The average molecular weight is 233 g/mol. The van der Waals surface area contributed by atoms with Crippen LogP contribution in [-0.4, -0.2) is 11.7 Å². The molecule has 17 heavy (non-hydrogen) atoms. The van der Waals surface area contributed by atoms with Crippen LogP contribution in [0.4, 0.5) is 0 Å². The molecule has 92 valence electrons. The third-order valence-corrected chi connectivity index (χ3v) is 2.63. The zero-order valence-corrected chi connectivity index (χ0v) is 10.7. The lowest BCUT2D eigenvalue weighted by Crippen LogP contribution is -2.72. The number of guanidine groups is 1. The number of nitrogens with two attached hydrogens (primary N) is 2. The number of benzene rings is 1. The molecule has 1 aromatic rings. The van der Waals surface area contributed by atoms with Crippen molar-refractivity contribution in [2.45, 2.75) is 32.6 Å². The Morgan fingerprint density at radius 3 is 2.35 bits per heavy atom. The van der Waals surface area contributed by atoms with E-state index in [1.54, 1.807) is 0 Å². The van der Waals surface area contributed by atoms with E-state index in [1.807, 2.05) is 25.1 Å². The lowest BCUT2D eigenvalue weighted by atomic mass is 9.80. The van der Waals surface area contributed by atoms with Crippen LogP contribution in [0.2, 0.25) is 0 Å². The lowest BCUT2D eigenvalue weighted by Gasteiger charge is -2.24. The molecule has 0 aromatic heterocycles. The first-order valence-electron chi connectivity index (χ1n) is 5.64. The van der Waals surface area contributed by atoms with Crippen LogP contribution in [0, 0.1) is 0 Å². The van der Waals surface area contributed by atoms with E-state index >= 15 is 0 Å². The van der Waals surface area contributed by atoms with Gasteiger partial charge < -0.3 is 0 Å². The Morgan fingerprint density at radius 1 is 1.24 bits per heavy atom. The van der Waals surface area contributed by atoms with Gasteiger partial charge in [-0.1, -0.05) is 44.2 Å². The van der Waals surface area contributed by atoms with Gasteiger partial charge in [-0.2, -0.15) is 5.10 Å². The molecule has 0 fully saturated rings. The fraction of sp³-hybridized carbons (Fsp3) is 0.385. The summed E-state index contributed by atoms with van der Waals surface area (Å²) in [6, 6.07) is 10.4. The predicted molar refractivity (Wildman–Crippen MR) is 71.5 cm³/mol. The average Bonchev–Trinajstić information content (AvgIpc) is 2.27. The Balaban J connectivity index is 2.80. The molecule has 0 bridgehead atoms. The molecular formula is C13H21N4+. The number of rotatable bonds is 4. The topological polar surface area (TPSA) is 78.4 Å². The van der Waals surface area contributed by atoms with Gasteiger partial charge in [-0.25, -0.2) is 0 Å². The highest BCUT2D eigenvalue weighted by Crippen LogP contribution is 2.26. The maximum atomic E-state index is 5.29. The van der Waals surface area contributed by atoms with E-state index < -0.39 is 0 Å². The van der Waals surface area contributed by atoms with E-state index in [-0.39, 0.29) is 11.4 Å². The molecular weight excluding hydrogens is 212 g/mol. The van der Waals surface area contributed by atoms with Gasteiger partial charge in [0.1, 0.15) is 0 Å². The molecule has 0 radical (unpaired) electrons. The van der Waals surface area contributed by atoms with Gasteiger partial charge in [-0.15, -0.1) is 5.10 Å². The van der Waals surface area contributed by atoms with Gasteiger partial charge in [0.25, 0.3) is 0 Å². The van der Waals surface area contributed by atoms with Crippen molar-refractivity contribution >= 4 is 11.7 Å². The molecule has 0 unspecified atom stereocenters. The largest absolute Gasteiger partial charge is 0.362 e. The Kier molecular flexibility index (Phi) is 4.26. The van der Waals surface area contributed by atoms with Crippen molar-refractivity contribution in [2.75, 3.05) is 0 Å². The molecule has 4 nitrogen and oxygen atoms in total. The minimum Gasteiger partial charge on any atom is -0.289 e. The van der Waals surface area contributed by atoms with Crippen molar-refractivity contribution in [1.82, 2.24) is 0 Å². The van der Waals surface area contributed by atoms with Crippen molar-refractivity contribution in [1.29, 1.82) is 0 Å². The maximum absolute atomic E-state index is 5.29. The Morgan fingerprint density at radius 2 is 1.82 bits per heavy atom. The Hall–Kier alpha value is -1.84. The molecule has 0 aliphatic carbocycles. The summed E-state index contributed by atoms with van der Waals surface area (Å²) in [6.45, 7) is 6.34. The summed E-state index contributed by atoms with van der Waals surface area (Å²) in [5.74, 6) is 0.113. The molecule has 0 aliphatic rings. The minimum absolute atomic E-state index is 0.0416. The molecule has 4 heteroatoms. The molecule has 0 saturated carbocycles. The van der Waals surface area contributed by atoms with Crippen LogP contribution in [0.3, 0.4) is 0 Å². The van der Waals surface area contributed by atoms with Crippen LogP contribution in [-0.2, 0) is 5.41 Å². The third-order valence-electron chi connectivity index (χ3n) is 2.63. The van der Waals surface area contributed by atoms with Gasteiger partial charge in [-0.3, -0.25) is 11.5 Å². The second-order valence-corrected chi connectivity index (χ2v) is 4.84. The van der Waals surface area contributed by atoms with Crippen LogP contribution in [0.15, 0.2) is 35.4 Å². The first kappa shape index (κ1) is 13.2. The summed E-state index contributed by atoms with van der Waals surface area (Å²) in [5, 5.41) is 6.69. The summed E-state index contributed by atoms with van der Waals surface area (Å²) in [7, 11) is 0. The third kappa shape index (κ3) is 4.26. The van der Waals surface area contributed by atoms with Gasteiger partial charge in [0.2, 0.25) is 0 Å². The minimum atomic E-state index is 0.0416. The molecule has 0 heterocycles. The van der Waals surface area contributed by atoms with Gasteiger partial charge >= 0.3 is 5.96 Å². The summed E-state index contributed by atoms with van der Waals surface area (Å²) >= 11 is 0. The number of nitrogens with zero attached hydrogens (tertiary/aromatic N) is 1. The van der Waals surface area contributed by atoms with Crippen molar-refractivity contribution in [3.63, 3.8) is 0 Å². The van der Waals surface area contributed by atoms with Gasteiger partial charge in [0.05, 0.1) is 5.71 Å². The maximum Gasteiger partial charge on any atom is 0.362 e. The second kappa shape index (κ2) is 5.48. The monoisotopic (exact) mass is 233 g/mol. The SMILES string of the molecule is C/C(CC(C)(C)c1ccccc1)=N\[NH+]=C(N)N. The smallest absolute Gasteiger partial charge is 0.289 e. The van der Waals surface area contributed by atoms with E-state index in [1.165, 1.54) is 5.56 Å². The normalized spacial score (nSPS) is 12.3. The standard InChI is InChI=1S/C13H20N4/c1-10(16-17-12(14)15)9-13(2,3)11-7-5-4-6-8-11/h4-8H,9H2,1-3H3,(H4,14,15,17)/p+1/b16-10+. The first-order chi connectivity index (χ1) is 7.92. The second-order valence-electron chi connectivity index (χ2n) is 4.84. The molecule has 0 spiro atoms. The highest BCUT2D eigenvalue weighted by atomic mass is 15.3. The van der Waals surface area contributed by atoms with E-state index in [9.17, 15) is 0 Å². The quantitative estimate of drug-likeness (QED) is 0.391. The van der Waals surface area contributed by atoms with Crippen molar-refractivity contribution in [3.05, 3.63) is 35.9 Å². The number of nitrogens with one attached hydrogen (secondary N) is 1. The number of hydrogen-bond acceptors (Lipinski definition) is 1. The summed E-state index contributed by atoms with van der Waals surface area (Å²) in [5.41, 5.74) is 12.9. The lowest BCUT2D eigenvalue weighted by molar-refractivity contribution is -0.464. The molecule has 0 amide bonds. The zero-order valence-electron chi connectivity index (χ0n) is 10.7. The summed E-state index contributed by atoms with van der Waals surface area (Å²) in [4.78, 5) is 0. The van der Waals surface area contributed by atoms with Crippen molar-refractivity contribution in [3.8, 4) is 0 Å². The van der Waals surface area contributed by atoms with E-state index in [4.69, 9.17) is 11.5 Å². The molecule has 5 N–H and O–H groups in total. The van der Waals surface area contributed by atoms with E-state index in [2.05, 4.69) is 36.2 Å². The van der Waals surface area contributed by atoms with Crippen molar-refractivity contribution < 1.29 is 5.10 Å².